The van der Waals surface area contributed by atoms with E-state index in [2.05, 4.69) is 12.2 Å². The van der Waals surface area contributed by atoms with Crippen LogP contribution < -0.4 is 5.32 Å². The van der Waals surface area contributed by atoms with Crippen LogP contribution in [0, 0.1) is 0 Å². The third kappa shape index (κ3) is 3.94. The van der Waals surface area contributed by atoms with E-state index in [1.54, 1.807) is 11.8 Å². The lowest BCUT2D eigenvalue weighted by atomic mass is 9.88. The van der Waals surface area contributed by atoms with Crippen LogP contribution in [0.4, 0.5) is 0 Å². The van der Waals surface area contributed by atoms with E-state index >= 15 is 0 Å². The number of thioether (sulfide) groups is 1. The molecule has 0 aliphatic heterocycles. The molecular formula is C11H23NO2S. The molecular weight excluding hydrogens is 210 g/mol. The molecule has 2 atom stereocenters. The Kier molecular flexibility index (Phi) is 5.97. The molecule has 1 rings (SSSR count). The number of ether oxygens (including phenoxy) is 1. The van der Waals surface area contributed by atoms with Crippen molar-refractivity contribution >= 4 is 11.8 Å². The van der Waals surface area contributed by atoms with Gasteiger partial charge in [0.05, 0.1) is 12.7 Å². The number of nitrogens with one attached hydrogen (secondary N) is 1. The average molecular weight is 233 g/mol. The Balaban J connectivity index is 2.15. The molecule has 0 aromatic heterocycles. The van der Waals surface area contributed by atoms with Gasteiger partial charge in [-0.15, -0.1) is 0 Å². The van der Waals surface area contributed by atoms with Gasteiger partial charge in [-0.25, -0.2) is 0 Å². The molecule has 0 aromatic carbocycles. The molecule has 1 aliphatic rings. The van der Waals surface area contributed by atoms with Crippen molar-refractivity contribution < 1.29 is 9.84 Å². The lowest BCUT2D eigenvalue weighted by Crippen LogP contribution is -2.51. The second-order valence-corrected chi connectivity index (χ2v) is 5.23. The monoisotopic (exact) mass is 233 g/mol. The standard InChI is InChI=1S/C11H23NO2S/c1-4-14-10-5-9(6-10)12-8(2)11(7-13)15-3/h8-13H,4-7H2,1-3H3. The quantitative estimate of drug-likeness (QED) is 0.694. The Morgan fingerprint density at radius 2 is 2.20 bits per heavy atom. The van der Waals surface area contributed by atoms with E-state index in [-0.39, 0.29) is 6.61 Å². The molecule has 1 fully saturated rings. The Morgan fingerprint density at radius 3 is 2.67 bits per heavy atom. The van der Waals surface area contributed by atoms with Gasteiger partial charge in [-0.05, 0) is 32.9 Å². The summed E-state index contributed by atoms with van der Waals surface area (Å²) in [6, 6.07) is 0.954. The third-order valence-corrected chi connectivity index (χ3v) is 4.20. The van der Waals surface area contributed by atoms with E-state index in [0.29, 0.717) is 23.4 Å². The van der Waals surface area contributed by atoms with Gasteiger partial charge in [-0.2, -0.15) is 11.8 Å². The first-order valence-electron chi connectivity index (χ1n) is 5.72. The average Bonchev–Trinajstić information content (AvgIpc) is 2.16. The van der Waals surface area contributed by atoms with Gasteiger partial charge in [0.1, 0.15) is 0 Å². The topological polar surface area (TPSA) is 41.5 Å². The molecule has 0 heterocycles. The molecule has 1 saturated carbocycles. The molecule has 0 bridgehead atoms. The largest absolute Gasteiger partial charge is 0.395 e. The summed E-state index contributed by atoms with van der Waals surface area (Å²) in [5, 5.41) is 13.0. The summed E-state index contributed by atoms with van der Waals surface area (Å²) < 4.78 is 5.51. The highest BCUT2D eigenvalue weighted by Crippen LogP contribution is 2.24. The molecule has 4 heteroatoms. The molecule has 0 saturated heterocycles. The molecule has 90 valence electrons. The minimum absolute atomic E-state index is 0.247. The Labute approximate surface area is 97.0 Å². The van der Waals surface area contributed by atoms with Crippen LogP contribution in [0.1, 0.15) is 26.7 Å². The van der Waals surface area contributed by atoms with Crippen LogP contribution in [-0.4, -0.2) is 48.0 Å². The summed E-state index contributed by atoms with van der Waals surface area (Å²) in [5.74, 6) is 0. The highest BCUT2D eigenvalue weighted by atomic mass is 32.2. The first-order valence-corrected chi connectivity index (χ1v) is 7.01. The Bertz CT molecular complexity index is 170. The van der Waals surface area contributed by atoms with E-state index in [0.717, 1.165) is 19.4 Å². The van der Waals surface area contributed by atoms with Gasteiger partial charge >= 0.3 is 0 Å². The molecule has 0 amide bonds. The van der Waals surface area contributed by atoms with Crippen molar-refractivity contribution in [3.8, 4) is 0 Å². The van der Waals surface area contributed by atoms with Gasteiger partial charge in [-0.3, -0.25) is 0 Å². The zero-order valence-corrected chi connectivity index (χ0v) is 10.7. The molecule has 0 radical (unpaired) electrons. The first-order chi connectivity index (χ1) is 7.21. The molecule has 2 unspecified atom stereocenters. The van der Waals surface area contributed by atoms with Crippen molar-refractivity contribution in [1.82, 2.24) is 5.32 Å². The Morgan fingerprint density at radius 1 is 1.53 bits per heavy atom. The predicted octanol–water partition coefficient (Wildman–Crippen LogP) is 1.26. The first kappa shape index (κ1) is 13.3. The Hall–Kier alpha value is 0.230. The van der Waals surface area contributed by atoms with Crippen molar-refractivity contribution in [3.63, 3.8) is 0 Å². The van der Waals surface area contributed by atoms with Crippen LogP contribution in [0.25, 0.3) is 0 Å². The molecule has 0 spiro atoms. The second-order valence-electron chi connectivity index (χ2n) is 4.16. The predicted molar refractivity (Wildman–Crippen MR) is 65.4 cm³/mol. The van der Waals surface area contributed by atoms with Crippen LogP contribution in [0.3, 0.4) is 0 Å². The van der Waals surface area contributed by atoms with E-state index in [1.807, 2.05) is 13.2 Å². The van der Waals surface area contributed by atoms with E-state index < -0.39 is 0 Å². The van der Waals surface area contributed by atoms with E-state index in [4.69, 9.17) is 9.84 Å². The number of rotatable bonds is 7. The number of aliphatic hydroxyl groups is 1. The minimum Gasteiger partial charge on any atom is -0.395 e. The summed E-state index contributed by atoms with van der Waals surface area (Å²) in [6.07, 6.45) is 4.74. The van der Waals surface area contributed by atoms with Gasteiger partial charge in [0.25, 0.3) is 0 Å². The maximum absolute atomic E-state index is 9.15. The van der Waals surface area contributed by atoms with Crippen LogP contribution in [0.2, 0.25) is 0 Å². The molecule has 2 N–H and O–H groups in total. The van der Waals surface area contributed by atoms with Crippen LogP contribution in [-0.2, 0) is 4.74 Å². The van der Waals surface area contributed by atoms with Gasteiger partial charge < -0.3 is 15.2 Å². The van der Waals surface area contributed by atoms with Gasteiger partial charge in [0.15, 0.2) is 0 Å². The summed E-state index contributed by atoms with van der Waals surface area (Å²) in [4.78, 5) is 0. The van der Waals surface area contributed by atoms with Gasteiger partial charge in [-0.1, -0.05) is 0 Å². The summed E-state index contributed by atoms with van der Waals surface area (Å²) in [6.45, 7) is 5.25. The lowest BCUT2D eigenvalue weighted by molar-refractivity contribution is -0.0122. The van der Waals surface area contributed by atoms with Crippen molar-refractivity contribution in [2.75, 3.05) is 19.5 Å². The summed E-state index contributed by atoms with van der Waals surface area (Å²) >= 11 is 1.72. The zero-order chi connectivity index (χ0) is 11.3. The third-order valence-electron chi connectivity index (χ3n) is 3.04. The van der Waals surface area contributed by atoms with Gasteiger partial charge in [0.2, 0.25) is 0 Å². The fourth-order valence-corrected chi connectivity index (χ4v) is 2.63. The zero-order valence-electron chi connectivity index (χ0n) is 9.90. The molecule has 1 aliphatic carbocycles. The van der Waals surface area contributed by atoms with E-state index in [9.17, 15) is 0 Å². The SMILES string of the molecule is CCOC1CC(NC(C)C(CO)SC)C1. The van der Waals surface area contributed by atoms with Crippen LogP contribution >= 0.6 is 11.8 Å². The second kappa shape index (κ2) is 6.74. The maximum atomic E-state index is 9.15. The number of aliphatic hydroxyl groups excluding tert-OH is 1. The molecule has 0 aromatic rings. The molecule has 15 heavy (non-hydrogen) atoms. The highest BCUT2D eigenvalue weighted by molar-refractivity contribution is 7.99. The fraction of sp³-hybridized carbons (Fsp3) is 1.00. The van der Waals surface area contributed by atoms with Crippen LogP contribution in [0.5, 0.6) is 0 Å². The lowest BCUT2D eigenvalue weighted by Gasteiger charge is -2.38. The number of hydrogen-bond acceptors (Lipinski definition) is 4. The molecule has 3 nitrogen and oxygen atoms in total. The van der Waals surface area contributed by atoms with Gasteiger partial charge in [0, 0.05) is 23.9 Å². The summed E-state index contributed by atoms with van der Waals surface area (Å²) in [5.41, 5.74) is 0. The smallest absolute Gasteiger partial charge is 0.0604 e. The van der Waals surface area contributed by atoms with Crippen molar-refractivity contribution in [2.45, 2.75) is 50.1 Å². The number of hydrogen-bond donors (Lipinski definition) is 2. The van der Waals surface area contributed by atoms with Crippen molar-refractivity contribution in [1.29, 1.82) is 0 Å². The normalized spacial score (nSPS) is 29.6. The van der Waals surface area contributed by atoms with Crippen molar-refractivity contribution in [3.05, 3.63) is 0 Å². The minimum atomic E-state index is 0.247. The maximum Gasteiger partial charge on any atom is 0.0604 e. The van der Waals surface area contributed by atoms with E-state index in [1.165, 1.54) is 0 Å². The summed E-state index contributed by atoms with van der Waals surface area (Å²) in [7, 11) is 0. The highest BCUT2D eigenvalue weighted by Gasteiger charge is 2.31. The van der Waals surface area contributed by atoms with Crippen molar-refractivity contribution in [2.24, 2.45) is 0 Å². The van der Waals surface area contributed by atoms with Crippen LogP contribution in [0.15, 0.2) is 0 Å². The fourth-order valence-electron chi connectivity index (χ4n) is 1.99.